The minimum Gasteiger partial charge on any atom is -0.493 e. The third kappa shape index (κ3) is 5.71. The molecule has 1 fully saturated rings. The van der Waals surface area contributed by atoms with E-state index in [-0.39, 0.29) is 5.82 Å². The molecule has 0 radical (unpaired) electrons. The van der Waals surface area contributed by atoms with E-state index in [4.69, 9.17) is 15.2 Å². The van der Waals surface area contributed by atoms with Gasteiger partial charge in [0.25, 0.3) is 0 Å². The number of nitrogen functional groups attached to an aromatic ring is 1. The van der Waals surface area contributed by atoms with Crippen LogP contribution in [0.3, 0.4) is 0 Å². The molecular formula is C28H35N7O5. The third-order valence-electron chi connectivity index (χ3n) is 6.86. The van der Waals surface area contributed by atoms with Gasteiger partial charge in [-0.2, -0.15) is 0 Å². The molecule has 4 aromatic rings. The van der Waals surface area contributed by atoms with Crippen LogP contribution in [0.4, 0.5) is 11.8 Å². The molecule has 12 heteroatoms. The van der Waals surface area contributed by atoms with Gasteiger partial charge in [0.05, 0.1) is 13.2 Å². The van der Waals surface area contributed by atoms with Crippen molar-refractivity contribution in [2.24, 2.45) is 0 Å². The van der Waals surface area contributed by atoms with Gasteiger partial charge < -0.3 is 41.2 Å². The summed E-state index contributed by atoms with van der Waals surface area (Å²) >= 11 is 0. The molecule has 2 aromatic heterocycles. The number of aliphatic hydroxyl groups excluding tert-OH is 3. The van der Waals surface area contributed by atoms with Crippen molar-refractivity contribution >= 4 is 22.9 Å². The number of hydrogen-bond donors (Lipinski definition) is 6. The van der Waals surface area contributed by atoms with Gasteiger partial charge in [0.15, 0.2) is 23.2 Å². The predicted molar refractivity (Wildman–Crippen MR) is 151 cm³/mol. The zero-order valence-electron chi connectivity index (χ0n) is 22.3. The first-order valence-corrected chi connectivity index (χ1v) is 13.4. The zero-order valence-corrected chi connectivity index (χ0v) is 22.3. The van der Waals surface area contributed by atoms with Crippen LogP contribution in [0, 0.1) is 0 Å². The van der Waals surface area contributed by atoms with Crippen LogP contribution < -0.4 is 21.1 Å². The number of aromatic nitrogens is 4. The molecule has 1 aliphatic rings. The number of benzene rings is 2. The number of nitrogens with two attached hydrogens (primary N) is 1. The number of anilines is 2. The number of nitrogens with one attached hydrogen (secondary N) is 2. The van der Waals surface area contributed by atoms with Crippen LogP contribution in [-0.2, 0) is 11.3 Å². The van der Waals surface area contributed by atoms with Crippen LogP contribution in [0.2, 0.25) is 0 Å². The number of rotatable bonds is 12. The fraction of sp³-hybridized carbons (Fsp3) is 0.393. The lowest BCUT2D eigenvalue weighted by atomic mass is 10.0. The molecule has 0 aliphatic carbocycles. The largest absolute Gasteiger partial charge is 0.493 e. The SMILES string of the molecule is CCNCCCOc1cc(CNc2nc3c(N)ncnc3n2[C@@H]2O[C@H](CO)C(O)C2O)ccc1-c1ccccc1. The molecule has 12 nitrogen and oxygen atoms in total. The molecule has 0 bridgehead atoms. The summed E-state index contributed by atoms with van der Waals surface area (Å²) in [5, 5.41) is 37.3. The van der Waals surface area contributed by atoms with E-state index in [1.165, 1.54) is 10.9 Å². The fourth-order valence-electron chi connectivity index (χ4n) is 4.77. The van der Waals surface area contributed by atoms with Crippen molar-refractivity contribution < 1.29 is 24.8 Å². The highest BCUT2D eigenvalue weighted by Crippen LogP contribution is 2.36. The Bertz CT molecular complexity index is 1420. The number of aliphatic hydroxyl groups is 3. The Kier molecular flexibility index (Phi) is 8.72. The van der Waals surface area contributed by atoms with Gasteiger partial charge in [-0.1, -0.05) is 49.4 Å². The first kappa shape index (κ1) is 27.7. The molecule has 5 rings (SSSR count). The average Bonchev–Trinajstić information content (AvgIpc) is 3.49. The molecule has 2 aromatic carbocycles. The van der Waals surface area contributed by atoms with Crippen LogP contribution in [0.5, 0.6) is 5.75 Å². The van der Waals surface area contributed by atoms with E-state index in [0.29, 0.717) is 30.3 Å². The summed E-state index contributed by atoms with van der Waals surface area (Å²) in [7, 11) is 0. The van der Waals surface area contributed by atoms with Crippen molar-refractivity contribution in [1.29, 1.82) is 0 Å². The molecule has 7 N–H and O–H groups in total. The molecule has 212 valence electrons. The van der Waals surface area contributed by atoms with Crippen LogP contribution in [0.15, 0.2) is 54.9 Å². The van der Waals surface area contributed by atoms with Crippen LogP contribution in [0.25, 0.3) is 22.3 Å². The minimum atomic E-state index is -1.32. The third-order valence-corrected chi connectivity index (χ3v) is 6.86. The van der Waals surface area contributed by atoms with Gasteiger partial charge in [-0.25, -0.2) is 15.0 Å². The molecule has 2 unspecified atom stereocenters. The summed E-state index contributed by atoms with van der Waals surface area (Å²) in [6.45, 7) is 4.35. The van der Waals surface area contributed by atoms with Gasteiger partial charge >= 0.3 is 0 Å². The summed E-state index contributed by atoms with van der Waals surface area (Å²) < 4.78 is 13.5. The summed E-state index contributed by atoms with van der Waals surface area (Å²) in [4.78, 5) is 12.9. The summed E-state index contributed by atoms with van der Waals surface area (Å²) in [5.74, 6) is 1.25. The summed E-state index contributed by atoms with van der Waals surface area (Å²) in [5.41, 5.74) is 9.70. The molecule has 1 saturated heterocycles. The first-order valence-electron chi connectivity index (χ1n) is 13.4. The first-order chi connectivity index (χ1) is 19.5. The Labute approximate surface area is 231 Å². The van der Waals surface area contributed by atoms with Crippen molar-refractivity contribution in [3.8, 4) is 16.9 Å². The van der Waals surface area contributed by atoms with E-state index in [0.717, 1.165) is 42.0 Å². The van der Waals surface area contributed by atoms with Gasteiger partial charge in [-0.05, 0) is 36.7 Å². The van der Waals surface area contributed by atoms with Gasteiger partial charge in [0.1, 0.15) is 30.4 Å². The molecule has 3 heterocycles. The minimum absolute atomic E-state index is 0.166. The maximum atomic E-state index is 10.7. The smallest absolute Gasteiger partial charge is 0.207 e. The molecule has 40 heavy (non-hydrogen) atoms. The normalized spacial score (nSPS) is 20.7. The van der Waals surface area contributed by atoms with Crippen molar-refractivity contribution in [3.63, 3.8) is 0 Å². The molecule has 0 spiro atoms. The number of nitrogens with zero attached hydrogens (tertiary/aromatic N) is 4. The van der Waals surface area contributed by atoms with E-state index in [1.807, 2.05) is 48.5 Å². The van der Waals surface area contributed by atoms with Gasteiger partial charge in [-0.15, -0.1) is 0 Å². The van der Waals surface area contributed by atoms with Gasteiger partial charge in [0.2, 0.25) is 5.95 Å². The second-order valence-corrected chi connectivity index (χ2v) is 9.57. The van der Waals surface area contributed by atoms with Crippen LogP contribution in [0.1, 0.15) is 25.1 Å². The molecular weight excluding hydrogens is 514 g/mol. The number of fused-ring (bicyclic) bond motifs is 1. The van der Waals surface area contributed by atoms with Gasteiger partial charge in [-0.3, -0.25) is 4.57 Å². The molecule has 0 saturated carbocycles. The number of hydrogen-bond acceptors (Lipinski definition) is 11. The van der Waals surface area contributed by atoms with E-state index < -0.39 is 31.1 Å². The van der Waals surface area contributed by atoms with Crippen molar-refractivity contribution in [1.82, 2.24) is 24.8 Å². The second kappa shape index (κ2) is 12.6. The lowest BCUT2D eigenvalue weighted by molar-refractivity contribution is -0.0501. The highest BCUT2D eigenvalue weighted by atomic mass is 16.6. The van der Waals surface area contributed by atoms with Gasteiger partial charge in [0, 0.05) is 12.1 Å². The standard InChI is InChI=1S/C28H35N7O5/c1-2-30-11-6-12-39-20-13-17(9-10-19(20)18-7-4-3-5-8-18)14-31-28-34-22-25(29)32-16-33-26(22)35(28)27-24(38)23(37)21(15-36)40-27/h3-5,7-10,13,16,21,23-24,27,30,36-38H,2,6,11-12,14-15H2,1H3,(H,31,34)(H2,29,32,33)/t21-,23?,24?,27-/m1/s1. The number of ether oxygens (including phenoxy) is 2. The zero-order chi connectivity index (χ0) is 28.1. The van der Waals surface area contributed by atoms with Crippen LogP contribution >= 0.6 is 0 Å². The number of imidazole rings is 1. The average molecular weight is 550 g/mol. The van der Waals surface area contributed by atoms with E-state index in [9.17, 15) is 15.3 Å². The summed E-state index contributed by atoms with van der Waals surface area (Å²) in [6.07, 6.45) is -2.44. The Hall–Kier alpha value is -3.81. The Morgan fingerprint density at radius 3 is 2.67 bits per heavy atom. The maximum absolute atomic E-state index is 10.7. The highest BCUT2D eigenvalue weighted by Gasteiger charge is 2.45. The van der Waals surface area contributed by atoms with Crippen molar-refractivity contribution in [2.45, 2.75) is 44.4 Å². The maximum Gasteiger partial charge on any atom is 0.207 e. The Balaban J connectivity index is 1.42. The van der Waals surface area contributed by atoms with E-state index in [1.54, 1.807) is 0 Å². The molecule has 0 amide bonds. The Morgan fingerprint density at radius 2 is 1.93 bits per heavy atom. The van der Waals surface area contributed by atoms with E-state index in [2.05, 4.69) is 32.5 Å². The predicted octanol–water partition coefficient (Wildman–Crippen LogP) is 1.68. The highest BCUT2D eigenvalue weighted by molar-refractivity contribution is 5.84. The monoisotopic (exact) mass is 549 g/mol. The van der Waals surface area contributed by atoms with Crippen molar-refractivity contribution in [2.75, 3.05) is 37.4 Å². The quantitative estimate of drug-likeness (QED) is 0.142. The summed E-state index contributed by atoms with van der Waals surface area (Å²) in [6, 6.07) is 16.1. The molecule has 1 aliphatic heterocycles. The molecule has 4 atom stereocenters. The fourth-order valence-corrected chi connectivity index (χ4v) is 4.77. The lowest BCUT2D eigenvalue weighted by Gasteiger charge is -2.20. The topological polar surface area (TPSA) is 173 Å². The second-order valence-electron chi connectivity index (χ2n) is 9.57. The Morgan fingerprint density at radius 1 is 1.10 bits per heavy atom. The van der Waals surface area contributed by atoms with Crippen molar-refractivity contribution in [3.05, 3.63) is 60.4 Å². The lowest BCUT2D eigenvalue weighted by Crippen LogP contribution is -2.33. The van der Waals surface area contributed by atoms with Crippen LogP contribution in [-0.4, -0.2) is 79.5 Å². The van der Waals surface area contributed by atoms with E-state index >= 15 is 0 Å².